The summed E-state index contributed by atoms with van der Waals surface area (Å²) < 4.78 is 10.7. The second kappa shape index (κ2) is 9.09. The Labute approximate surface area is 151 Å². The largest absolute Gasteiger partial charge is 0.497 e. The highest BCUT2D eigenvalue weighted by Crippen LogP contribution is 2.26. The third kappa shape index (κ3) is 4.88. The molecular weight excluding hydrogens is 316 g/mol. The van der Waals surface area contributed by atoms with Crippen LogP contribution >= 0.6 is 0 Å². The maximum Gasteiger partial charge on any atom is 0.239 e. The lowest BCUT2D eigenvalue weighted by Crippen LogP contribution is -2.48. The predicted molar refractivity (Wildman–Crippen MR) is 100 cm³/mol. The van der Waals surface area contributed by atoms with Crippen molar-refractivity contribution in [1.82, 2.24) is 9.80 Å². The standard InChI is InChI=1S/C20H32N2O3/c1-15(20(23)22(3)17-9-7-6-8-10-17)21(2)14-16-11-12-18(24-4)13-19(16)25-5/h11-13,15,17H,6-10,14H2,1-5H3. The molecule has 1 aromatic rings. The van der Waals surface area contributed by atoms with Crippen LogP contribution in [0.25, 0.3) is 0 Å². The number of likely N-dealkylation sites (N-methyl/N-ethyl adjacent to an activating group) is 2. The molecular formula is C20H32N2O3. The minimum Gasteiger partial charge on any atom is -0.497 e. The molecule has 2 rings (SSSR count). The number of methoxy groups -OCH3 is 2. The Kier molecular flexibility index (Phi) is 7.12. The number of nitrogens with zero attached hydrogens (tertiary/aromatic N) is 2. The number of hydrogen-bond donors (Lipinski definition) is 0. The summed E-state index contributed by atoms with van der Waals surface area (Å²) in [5.74, 6) is 1.75. The van der Waals surface area contributed by atoms with Crippen LogP contribution in [0.2, 0.25) is 0 Å². The SMILES string of the molecule is COc1ccc(CN(C)C(C)C(=O)N(C)C2CCCCC2)c(OC)c1. The fraction of sp³-hybridized carbons (Fsp3) is 0.650. The summed E-state index contributed by atoms with van der Waals surface area (Å²) in [4.78, 5) is 16.9. The fourth-order valence-electron chi connectivity index (χ4n) is 3.52. The van der Waals surface area contributed by atoms with Crippen molar-refractivity contribution in [2.75, 3.05) is 28.3 Å². The van der Waals surface area contributed by atoms with Gasteiger partial charge in [0.25, 0.3) is 0 Å². The number of amides is 1. The van der Waals surface area contributed by atoms with E-state index in [9.17, 15) is 4.79 Å². The first-order valence-electron chi connectivity index (χ1n) is 9.15. The van der Waals surface area contributed by atoms with Crippen LogP contribution in [-0.2, 0) is 11.3 Å². The van der Waals surface area contributed by atoms with Gasteiger partial charge in [0, 0.05) is 31.3 Å². The quantitative estimate of drug-likeness (QED) is 0.758. The number of ether oxygens (including phenoxy) is 2. The molecule has 0 N–H and O–H groups in total. The van der Waals surface area contributed by atoms with Gasteiger partial charge in [0.1, 0.15) is 11.5 Å². The molecule has 5 nitrogen and oxygen atoms in total. The minimum absolute atomic E-state index is 0.168. The highest BCUT2D eigenvalue weighted by Gasteiger charge is 2.27. The van der Waals surface area contributed by atoms with Crippen LogP contribution in [0.3, 0.4) is 0 Å². The smallest absolute Gasteiger partial charge is 0.239 e. The van der Waals surface area contributed by atoms with Crippen LogP contribution in [-0.4, -0.2) is 56.1 Å². The van der Waals surface area contributed by atoms with Gasteiger partial charge in [0.15, 0.2) is 0 Å². The Morgan fingerprint density at radius 3 is 2.44 bits per heavy atom. The van der Waals surface area contributed by atoms with Gasteiger partial charge in [-0.3, -0.25) is 9.69 Å². The molecule has 1 unspecified atom stereocenters. The normalized spacial score (nSPS) is 16.6. The zero-order chi connectivity index (χ0) is 18.4. The maximum atomic E-state index is 12.9. The third-order valence-electron chi connectivity index (χ3n) is 5.40. The summed E-state index contributed by atoms with van der Waals surface area (Å²) in [6.45, 7) is 2.64. The van der Waals surface area contributed by atoms with Crippen molar-refractivity contribution in [2.45, 2.75) is 57.7 Å². The van der Waals surface area contributed by atoms with Crippen molar-refractivity contribution >= 4 is 5.91 Å². The summed E-state index contributed by atoms with van der Waals surface area (Å²) in [5.41, 5.74) is 1.05. The monoisotopic (exact) mass is 348 g/mol. The maximum absolute atomic E-state index is 12.9. The first-order valence-corrected chi connectivity index (χ1v) is 9.15. The molecule has 1 aromatic carbocycles. The van der Waals surface area contributed by atoms with E-state index in [1.807, 2.05) is 44.1 Å². The third-order valence-corrected chi connectivity index (χ3v) is 5.40. The first-order chi connectivity index (χ1) is 12.0. The number of carbonyl (C=O) groups excluding carboxylic acids is 1. The first kappa shape index (κ1) is 19.6. The molecule has 1 atom stereocenters. The van der Waals surface area contributed by atoms with Crippen LogP contribution in [0.5, 0.6) is 11.5 Å². The van der Waals surface area contributed by atoms with Crippen LogP contribution in [0, 0.1) is 0 Å². The zero-order valence-corrected chi connectivity index (χ0v) is 16.2. The molecule has 1 amide bonds. The van der Waals surface area contributed by atoms with Gasteiger partial charge in [-0.25, -0.2) is 0 Å². The molecule has 140 valence electrons. The van der Waals surface area contributed by atoms with Crippen LogP contribution < -0.4 is 9.47 Å². The fourth-order valence-corrected chi connectivity index (χ4v) is 3.52. The van der Waals surface area contributed by atoms with Gasteiger partial charge in [-0.05, 0) is 32.9 Å². The van der Waals surface area contributed by atoms with Gasteiger partial charge < -0.3 is 14.4 Å². The van der Waals surface area contributed by atoms with E-state index in [-0.39, 0.29) is 11.9 Å². The van der Waals surface area contributed by atoms with Crippen LogP contribution in [0.1, 0.15) is 44.6 Å². The second-order valence-corrected chi connectivity index (χ2v) is 7.01. The van der Waals surface area contributed by atoms with E-state index in [2.05, 4.69) is 4.90 Å². The van der Waals surface area contributed by atoms with Crippen LogP contribution in [0.4, 0.5) is 0 Å². The number of rotatable bonds is 7. The average Bonchev–Trinajstić information content (AvgIpc) is 2.67. The van der Waals surface area contributed by atoms with Crippen LogP contribution in [0.15, 0.2) is 18.2 Å². The molecule has 0 saturated heterocycles. The Hall–Kier alpha value is -1.75. The Balaban J connectivity index is 2.01. The molecule has 0 heterocycles. The summed E-state index contributed by atoms with van der Waals surface area (Å²) >= 11 is 0. The number of carbonyl (C=O) groups is 1. The van der Waals surface area contributed by atoms with Crippen molar-refractivity contribution in [3.05, 3.63) is 23.8 Å². The summed E-state index contributed by atoms with van der Waals surface area (Å²) in [6.07, 6.45) is 6.02. The highest BCUT2D eigenvalue weighted by molar-refractivity contribution is 5.81. The summed E-state index contributed by atoms with van der Waals surface area (Å²) in [6, 6.07) is 6.03. The molecule has 0 aliphatic heterocycles. The molecule has 0 spiro atoms. The van der Waals surface area contributed by atoms with Crippen molar-refractivity contribution < 1.29 is 14.3 Å². The minimum atomic E-state index is -0.168. The average molecular weight is 348 g/mol. The lowest BCUT2D eigenvalue weighted by molar-refractivity contribution is -0.137. The second-order valence-electron chi connectivity index (χ2n) is 7.01. The number of benzene rings is 1. The molecule has 1 aliphatic rings. The number of hydrogen-bond acceptors (Lipinski definition) is 4. The Bertz CT molecular complexity index is 570. The highest BCUT2D eigenvalue weighted by atomic mass is 16.5. The topological polar surface area (TPSA) is 42.0 Å². The molecule has 25 heavy (non-hydrogen) atoms. The zero-order valence-electron chi connectivity index (χ0n) is 16.2. The van der Waals surface area contributed by atoms with Gasteiger partial charge in [0.2, 0.25) is 5.91 Å². The van der Waals surface area contributed by atoms with Gasteiger partial charge in [-0.2, -0.15) is 0 Å². The Morgan fingerprint density at radius 1 is 1.16 bits per heavy atom. The van der Waals surface area contributed by atoms with Gasteiger partial charge in [-0.1, -0.05) is 25.3 Å². The Morgan fingerprint density at radius 2 is 1.84 bits per heavy atom. The molecule has 0 radical (unpaired) electrons. The van der Waals surface area contributed by atoms with E-state index in [0.717, 1.165) is 29.9 Å². The van der Waals surface area contributed by atoms with E-state index in [4.69, 9.17) is 9.47 Å². The van der Waals surface area contributed by atoms with Crippen molar-refractivity contribution in [3.8, 4) is 11.5 Å². The lowest BCUT2D eigenvalue weighted by Gasteiger charge is -2.35. The predicted octanol–water partition coefficient (Wildman–Crippen LogP) is 3.32. The van der Waals surface area contributed by atoms with E-state index in [1.165, 1.54) is 19.3 Å². The molecule has 1 fully saturated rings. The van der Waals surface area contributed by atoms with Gasteiger partial charge in [-0.15, -0.1) is 0 Å². The molecule has 5 heteroatoms. The molecule has 0 bridgehead atoms. The van der Waals surface area contributed by atoms with E-state index < -0.39 is 0 Å². The molecule has 1 aliphatic carbocycles. The summed E-state index contributed by atoms with van der Waals surface area (Å²) in [7, 11) is 7.24. The van der Waals surface area contributed by atoms with E-state index >= 15 is 0 Å². The van der Waals surface area contributed by atoms with Crippen molar-refractivity contribution in [2.24, 2.45) is 0 Å². The van der Waals surface area contributed by atoms with Gasteiger partial charge in [0.05, 0.1) is 20.3 Å². The summed E-state index contributed by atoms with van der Waals surface area (Å²) in [5, 5.41) is 0. The van der Waals surface area contributed by atoms with Crippen molar-refractivity contribution in [1.29, 1.82) is 0 Å². The van der Waals surface area contributed by atoms with E-state index in [0.29, 0.717) is 12.6 Å². The lowest BCUT2D eigenvalue weighted by atomic mass is 9.94. The van der Waals surface area contributed by atoms with Crippen molar-refractivity contribution in [3.63, 3.8) is 0 Å². The van der Waals surface area contributed by atoms with Gasteiger partial charge >= 0.3 is 0 Å². The van der Waals surface area contributed by atoms with E-state index in [1.54, 1.807) is 14.2 Å². The molecule has 0 aromatic heterocycles. The molecule has 1 saturated carbocycles.